The van der Waals surface area contributed by atoms with E-state index in [-0.39, 0.29) is 18.2 Å². The molecule has 1 aromatic rings. The highest BCUT2D eigenvalue weighted by Crippen LogP contribution is 2.21. The van der Waals surface area contributed by atoms with Crippen LogP contribution in [-0.2, 0) is 9.53 Å². The molecule has 0 radical (unpaired) electrons. The summed E-state index contributed by atoms with van der Waals surface area (Å²) in [4.78, 5) is 25.1. The average molecular weight is 284 g/mol. The lowest BCUT2D eigenvalue weighted by Gasteiger charge is -2.33. The highest BCUT2D eigenvalue weighted by atomic mass is 35.5. The summed E-state index contributed by atoms with van der Waals surface area (Å²) < 4.78 is 5.16. The van der Waals surface area contributed by atoms with Crippen molar-refractivity contribution < 1.29 is 14.3 Å². The van der Waals surface area contributed by atoms with E-state index in [1.807, 2.05) is 0 Å². The molecule has 0 bridgehead atoms. The van der Waals surface area contributed by atoms with E-state index >= 15 is 0 Å². The number of rotatable bonds is 2. The second-order valence-corrected chi connectivity index (χ2v) is 4.66. The first-order valence-electron chi connectivity index (χ1n) is 5.73. The van der Waals surface area contributed by atoms with Crippen LogP contribution in [0.15, 0.2) is 18.2 Å². The summed E-state index contributed by atoms with van der Waals surface area (Å²) in [6.07, 6.45) is 0. The molecule has 1 fully saturated rings. The van der Waals surface area contributed by atoms with Crippen LogP contribution in [0.1, 0.15) is 10.4 Å². The Morgan fingerprint density at radius 1 is 1.42 bits per heavy atom. The minimum Gasteiger partial charge on any atom is -0.398 e. The van der Waals surface area contributed by atoms with Gasteiger partial charge in [0.1, 0.15) is 6.04 Å². The van der Waals surface area contributed by atoms with E-state index in [1.165, 1.54) is 17.0 Å². The van der Waals surface area contributed by atoms with Crippen molar-refractivity contribution in [2.45, 2.75) is 6.04 Å². The van der Waals surface area contributed by atoms with Crippen LogP contribution in [0, 0.1) is 0 Å². The van der Waals surface area contributed by atoms with E-state index in [1.54, 1.807) is 6.07 Å². The molecule has 1 atom stereocenters. The fourth-order valence-corrected chi connectivity index (χ4v) is 2.15. The van der Waals surface area contributed by atoms with Crippen molar-refractivity contribution in [3.05, 3.63) is 28.8 Å². The number of ether oxygens (including phenoxy) is 1. The van der Waals surface area contributed by atoms with Gasteiger partial charge >= 0.3 is 0 Å². The summed E-state index contributed by atoms with van der Waals surface area (Å²) in [6, 6.07) is 3.84. The van der Waals surface area contributed by atoms with Gasteiger partial charge in [0, 0.05) is 17.3 Å². The normalized spacial score (nSPS) is 19.2. The number of benzene rings is 1. The Morgan fingerprint density at radius 3 is 2.79 bits per heavy atom. The van der Waals surface area contributed by atoms with Crippen LogP contribution in [0.25, 0.3) is 0 Å². The van der Waals surface area contributed by atoms with E-state index < -0.39 is 11.9 Å². The first-order valence-corrected chi connectivity index (χ1v) is 6.11. The smallest absolute Gasteiger partial charge is 0.256 e. The highest BCUT2D eigenvalue weighted by Gasteiger charge is 2.32. The zero-order valence-corrected chi connectivity index (χ0v) is 10.9. The molecule has 6 nitrogen and oxygen atoms in total. The van der Waals surface area contributed by atoms with E-state index in [9.17, 15) is 9.59 Å². The zero-order valence-electron chi connectivity index (χ0n) is 10.1. The molecule has 1 aromatic carbocycles. The Bertz CT molecular complexity index is 521. The summed E-state index contributed by atoms with van der Waals surface area (Å²) in [6.45, 7) is 0.770. The molecule has 0 aliphatic carbocycles. The van der Waals surface area contributed by atoms with Crippen molar-refractivity contribution in [3.63, 3.8) is 0 Å². The molecule has 19 heavy (non-hydrogen) atoms. The summed E-state index contributed by atoms with van der Waals surface area (Å²) >= 11 is 5.79. The predicted molar refractivity (Wildman–Crippen MR) is 70.7 cm³/mol. The number of nitrogens with two attached hydrogens (primary N) is 2. The van der Waals surface area contributed by atoms with Gasteiger partial charge in [-0.3, -0.25) is 9.59 Å². The first-order chi connectivity index (χ1) is 9.00. The third kappa shape index (κ3) is 2.80. The fourth-order valence-electron chi connectivity index (χ4n) is 1.97. The summed E-state index contributed by atoms with van der Waals surface area (Å²) in [5.41, 5.74) is 11.6. The van der Waals surface area contributed by atoms with Gasteiger partial charge in [0.05, 0.1) is 18.8 Å². The topological polar surface area (TPSA) is 98.7 Å². The van der Waals surface area contributed by atoms with Crippen molar-refractivity contribution in [2.75, 3.05) is 25.5 Å². The van der Waals surface area contributed by atoms with Crippen LogP contribution < -0.4 is 11.5 Å². The van der Waals surface area contributed by atoms with Gasteiger partial charge < -0.3 is 21.1 Å². The summed E-state index contributed by atoms with van der Waals surface area (Å²) in [5, 5.41) is 0.447. The van der Waals surface area contributed by atoms with Gasteiger partial charge in [-0.05, 0) is 18.2 Å². The lowest BCUT2D eigenvalue weighted by Crippen LogP contribution is -2.54. The molecule has 0 aromatic heterocycles. The molecule has 102 valence electrons. The number of carbonyl (C=O) groups is 2. The molecule has 7 heteroatoms. The number of amides is 2. The number of halogens is 1. The molecular formula is C12H14ClN3O3. The maximum Gasteiger partial charge on any atom is 0.256 e. The standard InChI is InChI=1S/C12H14ClN3O3/c13-7-1-2-8(9(14)5-7)12(18)16-3-4-19-6-10(16)11(15)17/h1-2,5,10H,3-4,6,14H2,(H2,15,17). The SMILES string of the molecule is NC(=O)C1COCCN1C(=O)c1ccc(Cl)cc1N. The van der Waals surface area contributed by atoms with Gasteiger partial charge in [-0.1, -0.05) is 11.6 Å². The first kappa shape index (κ1) is 13.6. The minimum absolute atomic E-state index is 0.106. The van der Waals surface area contributed by atoms with Crippen LogP contribution in [0.5, 0.6) is 0 Å². The number of hydrogen-bond acceptors (Lipinski definition) is 4. The summed E-state index contributed by atoms with van der Waals surface area (Å²) in [7, 11) is 0. The Kier molecular flexibility index (Phi) is 3.92. The van der Waals surface area contributed by atoms with E-state index in [0.29, 0.717) is 23.7 Å². The van der Waals surface area contributed by atoms with Gasteiger partial charge in [-0.15, -0.1) is 0 Å². The molecule has 2 rings (SSSR count). The third-order valence-corrected chi connectivity index (χ3v) is 3.20. The van der Waals surface area contributed by atoms with Crippen LogP contribution in [0.4, 0.5) is 5.69 Å². The van der Waals surface area contributed by atoms with Crippen molar-refractivity contribution in [3.8, 4) is 0 Å². The van der Waals surface area contributed by atoms with Crippen LogP contribution >= 0.6 is 11.6 Å². The molecule has 2 amide bonds. The molecule has 1 saturated heterocycles. The van der Waals surface area contributed by atoms with Crippen LogP contribution in [-0.4, -0.2) is 42.5 Å². The van der Waals surface area contributed by atoms with Gasteiger partial charge in [0.25, 0.3) is 5.91 Å². The Hall–Kier alpha value is -1.79. The maximum absolute atomic E-state index is 12.4. The number of anilines is 1. The number of morpholine rings is 1. The number of primary amides is 1. The van der Waals surface area contributed by atoms with E-state index in [4.69, 9.17) is 27.8 Å². The van der Waals surface area contributed by atoms with Gasteiger partial charge in [-0.25, -0.2) is 0 Å². The monoisotopic (exact) mass is 283 g/mol. The third-order valence-electron chi connectivity index (χ3n) is 2.96. The molecule has 0 spiro atoms. The zero-order chi connectivity index (χ0) is 14.0. The van der Waals surface area contributed by atoms with Crippen molar-refractivity contribution in [1.29, 1.82) is 0 Å². The average Bonchev–Trinajstić information content (AvgIpc) is 2.38. The molecular weight excluding hydrogens is 270 g/mol. The highest BCUT2D eigenvalue weighted by molar-refractivity contribution is 6.31. The van der Waals surface area contributed by atoms with Gasteiger partial charge in [0.15, 0.2) is 0 Å². The number of nitrogen functional groups attached to an aromatic ring is 1. The Morgan fingerprint density at radius 2 is 2.16 bits per heavy atom. The molecule has 1 heterocycles. The van der Waals surface area contributed by atoms with Crippen molar-refractivity contribution in [2.24, 2.45) is 5.73 Å². The van der Waals surface area contributed by atoms with Crippen molar-refractivity contribution >= 4 is 29.1 Å². The minimum atomic E-state index is -0.767. The second-order valence-electron chi connectivity index (χ2n) is 4.22. The number of nitrogens with zero attached hydrogens (tertiary/aromatic N) is 1. The van der Waals surface area contributed by atoms with Gasteiger partial charge in [-0.2, -0.15) is 0 Å². The Balaban J connectivity index is 2.28. The molecule has 4 N–H and O–H groups in total. The Labute approximate surface area is 115 Å². The lowest BCUT2D eigenvalue weighted by molar-refractivity contribution is -0.127. The van der Waals surface area contributed by atoms with Crippen LogP contribution in [0.2, 0.25) is 5.02 Å². The number of hydrogen-bond donors (Lipinski definition) is 2. The largest absolute Gasteiger partial charge is 0.398 e. The second kappa shape index (κ2) is 5.46. The van der Waals surface area contributed by atoms with E-state index in [0.717, 1.165) is 0 Å². The fraction of sp³-hybridized carbons (Fsp3) is 0.333. The molecule has 0 saturated carbocycles. The van der Waals surface area contributed by atoms with Crippen LogP contribution in [0.3, 0.4) is 0 Å². The quantitative estimate of drug-likeness (QED) is 0.760. The van der Waals surface area contributed by atoms with E-state index in [2.05, 4.69) is 0 Å². The molecule has 1 aliphatic rings. The predicted octanol–water partition coefficient (Wildman–Crippen LogP) is 0.249. The van der Waals surface area contributed by atoms with Crippen molar-refractivity contribution in [1.82, 2.24) is 4.90 Å². The van der Waals surface area contributed by atoms with Gasteiger partial charge in [0.2, 0.25) is 5.91 Å². The number of carbonyl (C=O) groups excluding carboxylic acids is 2. The molecule has 1 unspecified atom stereocenters. The molecule has 1 aliphatic heterocycles. The maximum atomic E-state index is 12.4. The summed E-state index contributed by atoms with van der Waals surface area (Å²) in [5.74, 6) is -0.943. The lowest BCUT2D eigenvalue weighted by atomic mass is 10.1.